The molecule has 0 aromatic carbocycles. The predicted octanol–water partition coefficient (Wildman–Crippen LogP) is 1.74. The number of H-pyrrole nitrogens is 1. The lowest BCUT2D eigenvalue weighted by molar-refractivity contribution is 0.0467. The number of carbonyl (C=O) groups is 1. The van der Waals surface area contributed by atoms with Crippen LogP contribution < -0.4 is 0 Å². The van der Waals surface area contributed by atoms with Gasteiger partial charge < -0.3 is 9.72 Å². The van der Waals surface area contributed by atoms with Crippen molar-refractivity contribution in [3.63, 3.8) is 0 Å². The Balaban J connectivity index is 2.44. The molecule has 0 aliphatic carbocycles. The first-order valence-electron chi connectivity index (χ1n) is 3.84. The molecule has 72 valence electrons. The summed E-state index contributed by atoms with van der Waals surface area (Å²) in [6.45, 7) is 4.15. The van der Waals surface area contributed by atoms with Crippen molar-refractivity contribution in [2.75, 3.05) is 6.61 Å². The first-order chi connectivity index (χ1) is 5.99. The zero-order valence-corrected chi connectivity index (χ0v) is 9.09. The van der Waals surface area contributed by atoms with E-state index in [0.717, 1.165) is 0 Å². The summed E-state index contributed by atoms with van der Waals surface area (Å²) in [5.74, 6) is -0.200. The Morgan fingerprint density at radius 2 is 2.46 bits per heavy atom. The summed E-state index contributed by atoms with van der Waals surface area (Å²) < 4.78 is 4.77. The number of nitrogens with zero attached hydrogens (tertiary/aromatic N) is 1. The van der Waals surface area contributed by atoms with Crippen LogP contribution in [0.25, 0.3) is 0 Å². The van der Waals surface area contributed by atoms with Crippen molar-refractivity contribution >= 4 is 21.9 Å². The molecule has 13 heavy (non-hydrogen) atoms. The molecule has 0 bridgehead atoms. The summed E-state index contributed by atoms with van der Waals surface area (Å²) in [4.78, 5) is 17.7. The van der Waals surface area contributed by atoms with E-state index >= 15 is 0 Å². The van der Waals surface area contributed by atoms with Crippen LogP contribution in [0.1, 0.15) is 24.5 Å². The first-order valence-corrected chi connectivity index (χ1v) is 4.64. The van der Waals surface area contributed by atoms with Crippen LogP contribution in [-0.4, -0.2) is 26.9 Å². The van der Waals surface area contributed by atoms with Gasteiger partial charge in [-0.3, -0.25) is 0 Å². The number of nitrogens with one attached hydrogen (secondary N) is 1. The number of aromatic nitrogens is 2. The van der Waals surface area contributed by atoms with E-state index in [9.17, 15) is 4.79 Å². The average molecular weight is 247 g/mol. The fourth-order valence-electron chi connectivity index (χ4n) is 0.682. The average Bonchev–Trinajstić information content (AvgIpc) is 2.50. The normalized spacial score (nSPS) is 11.3. The fourth-order valence-corrected chi connectivity index (χ4v) is 0.797. The predicted molar refractivity (Wildman–Crippen MR) is 51.9 cm³/mol. The third-order valence-corrected chi connectivity index (χ3v) is 1.47. The molecule has 0 saturated carbocycles. The largest absolute Gasteiger partial charge is 0.458 e. The van der Waals surface area contributed by atoms with Crippen LogP contribution in [0.3, 0.4) is 0 Å². The van der Waals surface area contributed by atoms with Gasteiger partial charge in [0.25, 0.3) is 0 Å². The van der Waals surface area contributed by atoms with Gasteiger partial charge in [-0.2, -0.15) is 0 Å². The van der Waals surface area contributed by atoms with Crippen LogP contribution in [-0.2, 0) is 4.74 Å². The van der Waals surface area contributed by atoms with Gasteiger partial charge in [0.05, 0.1) is 4.32 Å². The maximum Gasteiger partial charge on any atom is 0.374 e. The summed E-state index contributed by atoms with van der Waals surface area (Å²) >= 11 is 3.36. The van der Waals surface area contributed by atoms with Gasteiger partial charge in [-0.1, -0.05) is 15.9 Å². The summed E-state index contributed by atoms with van der Waals surface area (Å²) in [7, 11) is 0. The van der Waals surface area contributed by atoms with Gasteiger partial charge in [-0.05, 0) is 13.8 Å². The van der Waals surface area contributed by atoms with Crippen LogP contribution in [0.4, 0.5) is 0 Å². The van der Waals surface area contributed by atoms with E-state index in [-0.39, 0.29) is 10.1 Å². The van der Waals surface area contributed by atoms with Crippen LogP contribution in [0.2, 0.25) is 0 Å². The number of halogens is 1. The number of aromatic amines is 1. The van der Waals surface area contributed by atoms with Crippen molar-refractivity contribution in [1.29, 1.82) is 0 Å². The standard InChI is InChI=1S/C8H11BrN2O2/c1-8(2,9)5-13-7(12)6-10-3-4-11-6/h3-4H,5H2,1-2H3,(H,10,11). The molecule has 0 aliphatic heterocycles. The third-order valence-electron chi connectivity index (χ3n) is 1.24. The molecule has 1 aromatic heterocycles. The lowest BCUT2D eigenvalue weighted by Crippen LogP contribution is -2.21. The molecule has 0 amide bonds. The van der Waals surface area contributed by atoms with E-state index in [4.69, 9.17) is 4.74 Å². The number of alkyl halides is 1. The van der Waals surface area contributed by atoms with E-state index in [2.05, 4.69) is 25.9 Å². The topological polar surface area (TPSA) is 55.0 Å². The molecule has 1 aromatic rings. The molecular weight excluding hydrogens is 236 g/mol. The smallest absolute Gasteiger partial charge is 0.374 e. The van der Waals surface area contributed by atoms with E-state index in [1.807, 2.05) is 13.8 Å². The van der Waals surface area contributed by atoms with Gasteiger partial charge in [-0.15, -0.1) is 0 Å². The SMILES string of the molecule is CC(C)(Br)COC(=O)c1ncc[nH]1. The lowest BCUT2D eigenvalue weighted by atomic mass is 10.2. The van der Waals surface area contributed by atoms with E-state index in [1.165, 1.54) is 6.20 Å². The molecule has 0 fully saturated rings. The van der Waals surface area contributed by atoms with Crippen LogP contribution in [0.15, 0.2) is 12.4 Å². The molecule has 1 heterocycles. The molecule has 0 atom stereocenters. The second-order valence-electron chi connectivity index (χ2n) is 3.23. The van der Waals surface area contributed by atoms with Crippen LogP contribution >= 0.6 is 15.9 Å². The Morgan fingerprint density at radius 3 is 2.92 bits per heavy atom. The van der Waals surface area contributed by atoms with Gasteiger partial charge in [-0.25, -0.2) is 9.78 Å². The highest BCUT2D eigenvalue weighted by molar-refractivity contribution is 9.10. The first kappa shape index (κ1) is 10.2. The number of carbonyl (C=O) groups excluding carboxylic acids is 1. The Morgan fingerprint density at radius 1 is 1.77 bits per heavy atom. The summed E-state index contributed by atoms with van der Waals surface area (Å²) in [6.07, 6.45) is 3.09. The Kier molecular flexibility index (Phi) is 3.08. The van der Waals surface area contributed by atoms with E-state index < -0.39 is 5.97 Å². The molecule has 1 N–H and O–H groups in total. The Bertz CT molecular complexity index is 277. The van der Waals surface area contributed by atoms with Gasteiger partial charge in [0, 0.05) is 12.4 Å². The van der Waals surface area contributed by atoms with Crippen molar-refractivity contribution in [2.24, 2.45) is 0 Å². The van der Waals surface area contributed by atoms with Crippen molar-refractivity contribution < 1.29 is 9.53 Å². The number of rotatable bonds is 3. The lowest BCUT2D eigenvalue weighted by Gasteiger charge is -2.14. The van der Waals surface area contributed by atoms with Crippen molar-refractivity contribution in [3.05, 3.63) is 18.2 Å². The highest BCUT2D eigenvalue weighted by Gasteiger charge is 2.17. The van der Waals surface area contributed by atoms with Crippen LogP contribution in [0, 0.1) is 0 Å². The van der Waals surface area contributed by atoms with Crippen molar-refractivity contribution in [1.82, 2.24) is 9.97 Å². The molecule has 0 unspecified atom stereocenters. The van der Waals surface area contributed by atoms with Gasteiger partial charge in [0.2, 0.25) is 5.82 Å². The van der Waals surface area contributed by atoms with Crippen molar-refractivity contribution in [3.8, 4) is 0 Å². The maximum atomic E-state index is 11.2. The zero-order chi connectivity index (χ0) is 9.90. The number of imidazole rings is 1. The Hall–Kier alpha value is -0.840. The third kappa shape index (κ3) is 3.59. The molecule has 0 radical (unpaired) electrons. The summed E-state index contributed by atoms with van der Waals surface area (Å²) in [5, 5.41) is 0. The minimum atomic E-state index is -0.433. The second-order valence-corrected chi connectivity index (χ2v) is 5.38. The maximum absolute atomic E-state index is 11.2. The molecule has 0 aliphatic rings. The highest BCUT2D eigenvalue weighted by Crippen LogP contribution is 2.15. The minimum absolute atomic E-state index is 0.199. The van der Waals surface area contributed by atoms with Gasteiger partial charge in [0.1, 0.15) is 6.61 Å². The summed E-state index contributed by atoms with van der Waals surface area (Å²) in [5.41, 5.74) is 0. The van der Waals surface area contributed by atoms with Gasteiger partial charge >= 0.3 is 5.97 Å². The molecule has 0 saturated heterocycles. The van der Waals surface area contributed by atoms with Crippen molar-refractivity contribution in [2.45, 2.75) is 18.2 Å². The zero-order valence-electron chi connectivity index (χ0n) is 7.50. The molecule has 0 spiro atoms. The number of ether oxygens (including phenoxy) is 1. The number of hydrogen-bond donors (Lipinski definition) is 1. The van der Waals surface area contributed by atoms with E-state index in [1.54, 1.807) is 6.20 Å². The molecular formula is C8H11BrN2O2. The quantitative estimate of drug-likeness (QED) is 0.653. The highest BCUT2D eigenvalue weighted by atomic mass is 79.9. The molecule has 1 rings (SSSR count). The second kappa shape index (κ2) is 3.91. The molecule has 4 nitrogen and oxygen atoms in total. The minimum Gasteiger partial charge on any atom is -0.458 e. The Labute approximate surface area is 84.8 Å². The summed E-state index contributed by atoms with van der Waals surface area (Å²) in [6, 6.07) is 0. The van der Waals surface area contributed by atoms with Crippen LogP contribution in [0.5, 0.6) is 0 Å². The van der Waals surface area contributed by atoms with E-state index in [0.29, 0.717) is 6.61 Å². The number of esters is 1. The molecule has 5 heteroatoms. The monoisotopic (exact) mass is 246 g/mol. The fraction of sp³-hybridized carbons (Fsp3) is 0.500. The van der Waals surface area contributed by atoms with Gasteiger partial charge in [0.15, 0.2) is 0 Å². The number of hydrogen-bond acceptors (Lipinski definition) is 3.